The SMILES string of the molecule is CCNc1nc(C(F)(F)F)nc2nc(N3CCC[C@@H]3C(=O)NCc3ccccc3)sc12. The van der Waals surface area contributed by atoms with E-state index in [0.717, 1.165) is 12.0 Å². The number of anilines is 2. The maximum atomic E-state index is 13.2. The van der Waals surface area contributed by atoms with E-state index in [2.05, 4.69) is 25.6 Å². The lowest BCUT2D eigenvalue weighted by Crippen LogP contribution is -2.43. The van der Waals surface area contributed by atoms with Crippen LogP contribution < -0.4 is 15.5 Å². The predicted octanol–water partition coefficient (Wildman–Crippen LogP) is 3.82. The average Bonchev–Trinajstić information content (AvgIpc) is 3.39. The van der Waals surface area contributed by atoms with Crippen LogP contribution >= 0.6 is 11.3 Å². The number of halogens is 3. The summed E-state index contributed by atoms with van der Waals surface area (Å²) in [7, 11) is 0. The molecule has 3 heterocycles. The maximum absolute atomic E-state index is 13.2. The number of carbonyl (C=O) groups excluding carboxylic acids is 1. The van der Waals surface area contributed by atoms with Crippen LogP contribution in [-0.2, 0) is 17.5 Å². The third-order valence-electron chi connectivity index (χ3n) is 4.95. The second kappa shape index (κ2) is 8.66. The zero-order valence-electron chi connectivity index (χ0n) is 16.7. The number of hydrogen-bond acceptors (Lipinski definition) is 7. The fourth-order valence-electron chi connectivity index (χ4n) is 3.52. The molecule has 1 saturated heterocycles. The number of rotatable bonds is 6. The highest BCUT2D eigenvalue weighted by atomic mass is 32.1. The van der Waals surface area contributed by atoms with Gasteiger partial charge in [0.25, 0.3) is 0 Å². The van der Waals surface area contributed by atoms with Gasteiger partial charge in [0.2, 0.25) is 11.7 Å². The van der Waals surface area contributed by atoms with Crippen molar-refractivity contribution in [3.05, 3.63) is 41.7 Å². The predicted molar refractivity (Wildman–Crippen MR) is 113 cm³/mol. The minimum Gasteiger partial charge on any atom is -0.369 e. The van der Waals surface area contributed by atoms with E-state index in [1.807, 2.05) is 35.2 Å². The van der Waals surface area contributed by atoms with Crippen molar-refractivity contribution in [2.45, 2.75) is 38.5 Å². The van der Waals surface area contributed by atoms with Crippen molar-refractivity contribution >= 4 is 38.5 Å². The molecule has 11 heteroatoms. The van der Waals surface area contributed by atoms with Gasteiger partial charge in [0.15, 0.2) is 10.8 Å². The fraction of sp³-hybridized carbons (Fsp3) is 0.400. The monoisotopic (exact) mass is 450 g/mol. The van der Waals surface area contributed by atoms with Gasteiger partial charge in [-0.1, -0.05) is 41.7 Å². The Morgan fingerprint density at radius 1 is 1.23 bits per heavy atom. The number of amides is 1. The summed E-state index contributed by atoms with van der Waals surface area (Å²) in [5, 5.41) is 6.28. The first-order valence-corrected chi connectivity index (χ1v) is 10.8. The number of fused-ring (bicyclic) bond motifs is 1. The van der Waals surface area contributed by atoms with E-state index in [4.69, 9.17) is 0 Å². The van der Waals surface area contributed by atoms with Crippen molar-refractivity contribution in [1.82, 2.24) is 20.3 Å². The summed E-state index contributed by atoms with van der Waals surface area (Å²) in [6.07, 6.45) is -3.23. The lowest BCUT2D eigenvalue weighted by Gasteiger charge is -2.23. The van der Waals surface area contributed by atoms with Gasteiger partial charge in [-0.3, -0.25) is 4.79 Å². The van der Waals surface area contributed by atoms with E-state index >= 15 is 0 Å². The van der Waals surface area contributed by atoms with Crippen LogP contribution in [0.15, 0.2) is 30.3 Å². The number of hydrogen-bond donors (Lipinski definition) is 2. The topological polar surface area (TPSA) is 83.0 Å². The van der Waals surface area contributed by atoms with Gasteiger partial charge in [-0.25, -0.2) is 9.97 Å². The van der Waals surface area contributed by atoms with Crippen LogP contribution in [0.25, 0.3) is 10.3 Å². The molecule has 0 bridgehead atoms. The van der Waals surface area contributed by atoms with Gasteiger partial charge in [0.1, 0.15) is 16.6 Å². The Hall–Kier alpha value is -2.95. The lowest BCUT2D eigenvalue weighted by atomic mass is 10.2. The Balaban J connectivity index is 1.59. The third-order valence-corrected chi connectivity index (χ3v) is 6.04. The molecule has 0 radical (unpaired) electrons. The van der Waals surface area contributed by atoms with Gasteiger partial charge < -0.3 is 15.5 Å². The second-order valence-electron chi connectivity index (χ2n) is 7.13. The Labute approximate surface area is 180 Å². The molecule has 3 aromatic rings. The molecule has 2 N–H and O–H groups in total. The zero-order chi connectivity index (χ0) is 22.0. The van der Waals surface area contributed by atoms with E-state index in [1.165, 1.54) is 11.3 Å². The number of aromatic nitrogens is 3. The lowest BCUT2D eigenvalue weighted by molar-refractivity contribution is -0.144. The summed E-state index contributed by atoms with van der Waals surface area (Å²) in [5.74, 6) is -1.26. The highest BCUT2D eigenvalue weighted by Gasteiger charge is 2.37. The van der Waals surface area contributed by atoms with E-state index in [0.29, 0.717) is 35.9 Å². The molecular weight excluding hydrogens is 429 g/mol. The average molecular weight is 450 g/mol. The Bertz CT molecular complexity index is 1070. The van der Waals surface area contributed by atoms with Crippen LogP contribution in [0.4, 0.5) is 24.1 Å². The van der Waals surface area contributed by atoms with E-state index in [1.54, 1.807) is 6.92 Å². The van der Waals surface area contributed by atoms with E-state index < -0.39 is 18.0 Å². The summed E-state index contributed by atoms with van der Waals surface area (Å²) in [4.78, 5) is 26.3. The first-order chi connectivity index (χ1) is 14.9. The minimum atomic E-state index is -4.67. The van der Waals surface area contributed by atoms with Crippen LogP contribution in [0.1, 0.15) is 31.2 Å². The van der Waals surface area contributed by atoms with Crippen molar-refractivity contribution in [2.24, 2.45) is 0 Å². The number of benzene rings is 1. The zero-order valence-corrected chi connectivity index (χ0v) is 17.6. The Morgan fingerprint density at radius 2 is 2.00 bits per heavy atom. The number of nitrogens with zero attached hydrogens (tertiary/aromatic N) is 4. The molecule has 1 aliphatic heterocycles. The molecule has 1 aliphatic rings. The molecule has 1 amide bonds. The Morgan fingerprint density at radius 3 is 2.71 bits per heavy atom. The van der Waals surface area contributed by atoms with Crippen molar-refractivity contribution in [3.63, 3.8) is 0 Å². The molecule has 0 spiro atoms. The van der Waals surface area contributed by atoms with Crippen molar-refractivity contribution in [2.75, 3.05) is 23.3 Å². The highest BCUT2D eigenvalue weighted by molar-refractivity contribution is 7.22. The summed E-state index contributed by atoms with van der Waals surface area (Å²) in [5.41, 5.74) is 0.972. The van der Waals surface area contributed by atoms with Crippen LogP contribution in [0.5, 0.6) is 0 Å². The van der Waals surface area contributed by atoms with Gasteiger partial charge in [-0.05, 0) is 25.3 Å². The van der Waals surface area contributed by atoms with Crippen LogP contribution in [0.2, 0.25) is 0 Å². The molecule has 7 nitrogen and oxygen atoms in total. The van der Waals surface area contributed by atoms with E-state index in [-0.39, 0.29) is 17.4 Å². The summed E-state index contributed by atoms with van der Waals surface area (Å²) < 4.78 is 40.0. The van der Waals surface area contributed by atoms with Gasteiger partial charge in [0, 0.05) is 19.6 Å². The summed E-state index contributed by atoms with van der Waals surface area (Å²) >= 11 is 1.20. The van der Waals surface area contributed by atoms with E-state index in [9.17, 15) is 18.0 Å². The van der Waals surface area contributed by atoms with Gasteiger partial charge in [-0.2, -0.15) is 18.2 Å². The normalized spacial score (nSPS) is 16.6. The molecule has 2 aromatic heterocycles. The molecule has 4 rings (SSSR count). The highest BCUT2D eigenvalue weighted by Crippen LogP contribution is 2.37. The first-order valence-electron chi connectivity index (χ1n) is 9.94. The number of nitrogens with one attached hydrogen (secondary N) is 2. The molecule has 31 heavy (non-hydrogen) atoms. The molecule has 1 aromatic carbocycles. The van der Waals surface area contributed by atoms with Gasteiger partial charge in [-0.15, -0.1) is 0 Å². The molecule has 1 atom stereocenters. The molecule has 0 saturated carbocycles. The van der Waals surface area contributed by atoms with Crippen LogP contribution in [0, 0.1) is 0 Å². The van der Waals surface area contributed by atoms with Crippen LogP contribution in [0.3, 0.4) is 0 Å². The number of thiazole rings is 1. The Kier molecular flexibility index (Phi) is 5.94. The first kappa shape index (κ1) is 21.3. The largest absolute Gasteiger partial charge is 0.451 e. The summed E-state index contributed by atoms with van der Waals surface area (Å²) in [6.45, 7) is 3.19. The van der Waals surface area contributed by atoms with Crippen LogP contribution in [-0.4, -0.2) is 40.0 Å². The molecule has 0 unspecified atom stereocenters. The van der Waals surface area contributed by atoms with Crippen molar-refractivity contribution in [1.29, 1.82) is 0 Å². The number of carbonyl (C=O) groups is 1. The fourth-order valence-corrected chi connectivity index (χ4v) is 4.57. The van der Waals surface area contributed by atoms with Crippen molar-refractivity contribution < 1.29 is 18.0 Å². The van der Waals surface area contributed by atoms with Crippen molar-refractivity contribution in [3.8, 4) is 0 Å². The smallest absolute Gasteiger partial charge is 0.369 e. The third kappa shape index (κ3) is 4.55. The maximum Gasteiger partial charge on any atom is 0.451 e. The standard InChI is InChI=1S/C20H21F3N6OS/c1-2-24-15-14-16(27-18(26-15)20(21,22)23)28-19(31-14)29-10-6-9-13(29)17(30)25-11-12-7-4-3-5-8-12/h3-5,7-8,13H,2,6,9-11H2,1H3,(H,25,30)(H,24,26,27)/t13-/m1/s1. The minimum absolute atomic E-state index is 0.0198. The number of alkyl halides is 3. The van der Waals surface area contributed by atoms with Gasteiger partial charge in [0.05, 0.1) is 0 Å². The molecule has 164 valence electrons. The second-order valence-corrected chi connectivity index (χ2v) is 8.11. The summed E-state index contributed by atoms with van der Waals surface area (Å²) in [6, 6.07) is 9.15. The van der Waals surface area contributed by atoms with Gasteiger partial charge >= 0.3 is 6.18 Å². The molecule has 1 fully saturated rings. The quantitative estimate of drug-likeness (QED) is 0.594. The molecule has 0 aliphatic carbocycles. The molecular formula is C20H21F3N6OS.